The third-order valence-corrected chi connectivity index (χ3v) is 2.65. The van der Waals surface area contributed by atoms with Crippen molar-refractivity contribution in [1.82, 2.24) is 9.78 Å². The lowest BCUT2D eigenvalue weighted by Crippen LogP contribution is -2.05. The summed E-state index contributed by atoms with van der Waals surface area (Å²) in [4.78, 5) is 11.0. The van der Waals surface area contributed by atoms with E-state index in [0.29, 0.717) is 17.4 Å². The molecular formula is C12H14N4O3. The van der Waals surface area contributed by atoms with Crippen molar-refractivity contribution >= 4 is 23.2 Å². The van der Waals surface area contributed by atoms with Crippen molar-refractivity contribution in [1.29, 1.82) is 0 Å². The van der Waals surface area contributed by atoms with Gasteiger partial charge in [0, 0.05) is 13.1 Å². The molecule has 19 heavy (non-hydrogen) atoms. The minimum absolute atomic E-state index is 0.0490. The number of methoxy groups -OCH3 is 1. The highest BCUT2D eigenvalue weighted by Gasteiger charge is 2.12. The smallest absolute Gasteiger partial charge is 0.337 e. The maximum absolute atomic E-state index is 11.0. The van der Waals surface area contributed by atoms with Crippen molar-refractivity contribution in [2.75, 3.05) is 18.2 Å². The maximum atomic E-state index is 11.0. The summed E-state index contributed by atoms with van der Waals surface area (Å²) in [6, 6.07) is 6.43. The molecular weight excluding hydrogens is 248 g/mol. The second kappa shape index (κ2) is 4.89. The monoisotopic (exact) mass is 262 g/mol. The molecule has 0 amide bonds. The minimum Gasteiger partial charge on any atom is -0.481 e. The number of hydrogen-bond acceptors (Lipinski definition) is 5. The molecule has 7 heteroatoms. The second-order valence-electron chi connectivity index (χ2n) is 3.89. The number of carboxylic acids is 1. The predicted octanol–water partition coefficient (Wildman–Crippen LogP) is 1.45. The number of nitrogens with one attached hydrogen (secondary N) is 1. The van der Waals surface area contributed by atoms with E-state index < -0.39 is 5.97 Å². The Morgan fingerprint density at radius 2 is 2.26 bits per heavy atom. The number of anilines is 3. The van der Waals surface area contributed by atoms with Gasteiger partial charge in [-0.3, -0.25) is 0 Å². The fourth-order valence-corrected chi connectivity index (χ4v) is 1.70. The Morgan fingerprint density at radius 3 is 2.84 bits per heavy atom. The predicted molar refractivity (Wildman–Crippen MR) is 70.9 cm³/mol. The lowest BCUT2D eigenvalue weighted by Gasteiger charge is -2.08. The summed E-state index contributed by atoms with van der Waals surface area (Å²) in [5.74, 6) is 0.0313. The molecule has 0 fully saturated rings. The van der Waals surface area contributed by atoms with Crippen LogP contribution in [0.15, 0.2) is 24.3 Å². The second-order valence-corrected chi connectivity index (χ2v) is 3.89. The highest BCUT2D eigenvalue weighted by Crippen LogP contribution is 2.27. The standard InChI is InChI=1S/C12H14N4O3/c1-16-10(19-2)6-9(15-16)14-8-5-3-4-7(11(8)13)12(17)18/h3-6H,13H2,1-2H3,(H,14,15)(H,17,18). The van der Waals surface area contributed by atoms with Crippen LogP contribution in [0.3, 0.4) is 0 Å². The van der Waals surface area contributed by atoms with Crippen molar-refractivity contribution in [2.45, 2.75) is 0 Å². The van der Waals surface area contributed by atoms with Crippen LogP contribution in [0.2, 0.25) is 0 Å². The molecule has 0 aliphatic heterocycles. The molecule has 0 saturated heterocycles. The molecule has 0 bridgehead atoms. The van der Waals surface area contributed by atoms with Crippen molar-refractivity contribution in [3.63, 3.8) is 0 Å². The van der Waals surface area contributed by atoms with Gasteiger partial charge in [-0.2, -0.15) is 5.10 Å². The van der Waals surface area contributed by atoms with E-state index in [1.807, 2.05) is 0 Å². The SMILES string of the molecule is COc1cc(Nc2cccc(C(=O)O)c2N)nn1C. The van der Waals surface area contributed by atoms with E-state index in [1.165, 1.54) is 6.07 Å². The van der Waals surface area contributed by atoms with Crippen LogP contribution in [-0.2, 0) is 7.05 Å². The fourth-order valence-electron chi connectivity index (χ4n) is 1.70. The van der Waals surface area contributed by atoms with E-state index in [2.05, 4.69) is 10.4 Å². The van der Waals surface area contributed by atoms with Gasteiger partial charge in [0.05, 0.1) is 24.0 Å². The quantitative estimate of drug-likeness (QED) is 0.721. The van der Waals surface area contributed by atoms with Crippen LogP contribution in [-0.4, -0.2) is 28.0 Å². The Labute approximate surface area is 109 Å². The number of rotatable bonds is 4. The van der Waals surface area contributed by atoms with Gasteiger partial charge in [0.2, 0.25) is 5.88 Å². The van der Waals surface area contributed by atoms with Crippen molar-refractivity contribution in [3.05, 3.63) is 29.8 Å². The number of para-hydroxylation sites is 1. The van der Waals surface area contributed by atoms with E-state index in [1.54, 1.807) is 37.0 Å². The Kier molecular flexibility index (Phi) is 3.28. The largest absolute Gasteiger partial charge is 0.481 e. The zero-order valence-electron chi connectivity index (χ0n) is 10.5. The molecule has 1 aromatic heterocycles. The number of aromatic nitrogens is 2. The van der Waals surface area contributed by atoms with Gasteiger partial charge in [0.25, 0.3) is 0 Å². The molecule has 0 spiro atoms. The molecule has 2 aromatic rings. The van der Waals surface area contributed by atoms with Crippen LogP contribution in [0.1, 0.15) is 10.4 Å². The first-order valence-electron chi connectivity index (χ1n) is 5.49. The Morgan fingerprint density at radius 1 is 1.53 bits per heavy atom. The highest BCUT2D eigenvalue weighted by atomic mass is 16.5. The number of hydrogen-bond donors (Lipinski definition) is 3. The number of benzene rings is 1. The molecule has 0 atom stereocenters. The van der Waals surface area contributed by atoms with E-state index in [9.17, 15) is 4.79 Å². The summed E-state index contributed by atoms with van der Waals surface area (Å²) in [5.41, 5.74) is 6.50. The first-order valence-corrected chi connectivity index (χ1v) is 5.49. The normalized spacial score (nSPS) is 10.2. The molecule has 7 nitrogen and oxygen atoms in total. The first-order chi connectivity index (χ1) is 9.02. The van der Waals surface area contributed by atoms with Gasteiger partial charge in [-0.25, -0.2) is 9.48 Å². The van der Waals surface area contributed by atoms with Crippen molar-refractivity contribution in [2.24, 2.45) is 7.05 Å². The van der Waals surface area contributed by atoms with Gasteiger partial charge in [0.15, 0.2) is 5.82 Å². The number of ether oxygens (including phenoxy) is 1. The summed E-state index contributed by atoms with van der Waals surface area (Å²) < 4.78 is 6.65. The van der Waals surface area contributed by atoms with E-state index in [0.717, 1.165) is 0 Å². The van der Waals surface area contributed by atoms with Gasteiger partial charge < -0.3 is 20.9 Å². The van der Waals surface area contributed by atoms with Crippen LogP contribution in [0.5, 0.6) is 5.88 Å². The average Bonchev–Trinajstić information content (AvgIpc) is 2.71. The number of aryl methyl sites for hydroxylation is 1. The van der Waals surface area contributed by atoms with E-state index in [-0.39, 0.29) is 11.3 Å². The van der Waals surface area contributed by atoms with Crippen LogP contribution >= 0.6 is 0 Å². The zero-order chi connectivity index (χ0) is 14.0. The molecule has 0 aliphatic rings. The molecule has 0 radical (unpaired) electrons. The Hall–Kier alpha value is -2.70. The van der Waals surface area contributed by atoms with Gasteiger partial charge in [-0.05, 0) is 12.1 Å². The third kappa shape index (κ3) is 2.44. The third-order valence-electron chi connectivity index (χ3n) is 2.65. The molecule has 2 rings (SSSR count). The van der Waals surface area contributed by atoms with Crippen molar-refractivity contribution < 1.29 is 14.6 Å². The van der Waals surface area contributed by atoms with E-state index >= 15 is 0 Å². The van der Waals surface area contributed by atoms with Gasteiger partial charge in [-0.1, -0.05) is 6.07 Å². The van der Waals surface area contributed by atoms with E-state index in [4.69, 9.17) is 15.6 Å². The Bertz CT molecular complexity index is 621. The molecule has 0 unspecified atom stereocenters. The van der Waals surface area contributed by atoms with Crippen LogP contribution in [0.25, 0.3) is 0 Å². The highest BCUT2D eigenvalue weighted by molar-refractivity contribution is 5.97. The first kappa shape index (κ1) is 12.7. The molecule has 100 valence electrons. The molecule has 1 heterocycles. The molecule has 0 saturated carbocycles. The van der Waals surface area contributed by atoms with Gasteiger partial charge in [-0.15, -0.1) is 0 Å². The lowest BCUT2D eigenvalue weighted by molar-refractivity contribution is 0.0698. The van der Waals surface area contributed by atoms with Crippen LogP contribution < -0.4 is 15.8 Å². The fraction of sp³-hybridized carbons (Fsp3) is 0.167. The molecule has 4 N–H and O–H groups in total. The summed E-state index contributed by atoms with van der Waals surface area (Å²) in [6.07, 6.45) is 0. The summed E-state index contributed by atoms with van der Waals surface area (Å²) in [7, 11) is 3.28. The van der Waals surface area contributed by atoms with Gasteiger partial charge in [0.1, 0.15) is 0 Å². The Balaban J connectivity index is 2.33. The number of nitrogens with two attached hydrogens (primary N) is 1. The van der Waals surface area contributed by atoms with Crippen LogP contribution in [0, 0.1) is 0 Å². The lowest BCUT2D eigenvalue weighted by atomic mass is 10.1. The molecule has 0 aliphatic carbocycles. The zero-order valence-corrected chi connectivity index (χ0v) is 10.5. The number of carbonyl (C=O) groups is 1. The van der Waals surface area contributed by atoms with Crippen molar-refractivity contribution in [3.8, 4) is 5.88 Å². The topological polar surface area (TPSA) is 102 Å². The summed E-state index contributed by atoms with van der Waals surface area (Å²) >= 11 is 0. The maximum Gasteiger partial charge on any atom is 0.337 e. The van der Waals surface area contributed by atoms with Gasteiger partial charge >= 0.3 is 5.97 Å². The number of aromatic carboxylic acids is 1. The number of nitrogen functional groups attached to an aromatic ring is 1. The summed E-state index contributed by atoms with van der Waals surface area (Å²) in [5, 5.41) is 16.1. The number of carboxylic acid groups (broad SMARTS) is 1. The molecule has 1 aromatic carbocycles. The summed E-state index contributed by atoms with van der Waals surface area (Å²) in [6.45, 7) is 0. The number of nitrogens with zero attached hydrogens (tertiary/aromatic N) is 2. The van der Waals surface area contributed by atoms with Crippen LogP contribution in [0.4, 0.5) is 17.2 Å². The minimum atomic E-state index is -1.07. The average molecular weight is 262 g/mol.